The molecule has 28 heavy (non-hydrogen) atoms. The molecule has 1 saturated heterocycles. The number of anilines is 1. The summed E-state index contributed by atoms with van der Waals surface area (Å²) in [5.74, 6) is 2.12. The van der Waals surface area contributed by atoms with Crippen LogP contribution in [0.15, 0.2) is 30.6 Å². The van der Waals surface area contributed by atoms with Gasteiger partial charge in [-0.05, 0) is 24.6 Å². The molecule has 1 aromatic heterocycles. The van der Waals surface area contributed by atoms with Gasteiger partial charge in [-0.2, -0.15) is 0 Å². The summed E-state index contributed by atoms with van der Waals surface area (Å²) < 4.78 is 10.9. The van der Waals surface area contributed by atoms with Gasteiger partial charge in [0.25, 0.3) is 5.91 Å². The van der Waals surface area contributed by atoms with Crippen molar-refractivity contribution >= 4 is 30.7 Å². The summed E-state index contributed by atoms with van der Waals surface area (Å²) in [6, 6.07) is 6.44. The van der Waals surface area contributed by atoms with Crippen LogP contribution < -0.4 is 19.7 Å². The van der Waals surface area contributed by atoms with Crippen LogP contribution in [0.1, 0.15) is 28.9 Å². The van der Waals surface area contributed by atoms with E-state index in [1.165, 1.54) is 5.56 Å². The Morgan fingerprint density at radius 1 is 1.11 bits per heavy atom. The molecule has 1 N–H and O–H groups in total. The van der Waals surface area contributed by atoms with Crippen molar-refractivity contribution in [2.24, 2.45) is 0 Å². The van der Waals surface area contributed by atoms with Gasteiger partial charge in [0, 0.05) is 70.5 Å². The molecule has 0 saturated carbocycles. The number of nitrogens with one attached hydrogen (secondary N) is 1. The van der Waals surface area contributed by atoms with E-state index >= 15 is 0 Å². The standard InChI is InChI=1S/C19H23N5O3.Li/c1-13(14-3-4-16-17(9-14)27-12-26-16)23-5-7-24(8-6-23)19-21-10-15(11-22-19)18(25)20-2;/h3-4,9-11,13H,5-8,12H2,1-2H3,(H,20,25);. The molecule has 8 nitrogen and oxygen atoms in total. The first kappa shape index (κ1) is 20.5. The summed E-state index contributed by atoms with van der Waals surface area (Å²) in [5.41, 5.74) is 1.69. The Kier molecular flexibility index (Phi) is 6.45. The molecule has 0 aliphatic carbocycles. The maximum atomic E-state index is 11.6. The largest absolute Gasteiger partial charge is 0.454 e. The van der Waals surface area contributed by atoms with E-state index in [0.29, 0.717) is 18.3 Å². The van der Waals surface area contributed by atoms with Crippen LogP contribution in [0.25, 0.3) is 0 Å². The van der Waals surface area contributed by atoms with Gasteiger partial charge in [-0.3, -0.25) is 9.69 Å². The Bertz CT molecular complexity index is 825. The van der Waals surface area contributed by atoms with E-state index in [9.17, 15) is 4.79 Å². The predicted molar refractivity (Wildman–Crippen MR) is 106 cm³/mol. The summed E-state index contributed by atoms with van der Waals surface area (Å²) >= 11 is 0. The maximum absolute atomic E-state index is 11.6. The number of piperazine rings is 1. The third kappa shape index (κ3) is 4.09. The fourth-order valence-corrected chi connectivity index (χ4v) is 3.44. The monoisotopic (exact) mass is 376 g/mol. The Morgan fingerprint density at radius 2 is 1.79 bits per heavy atom. The molecular weight excluding hydrogens is 353 g/mol. The van der Waals surface area contributed by atoms with Crippen molar-refractivity contribution in [1.29, 1.82) is 0 Å². The Hall–Kier alpha value is -2.27. The summed E-state index contributed by atoms with van der Waals surface area (Å²) in [7, 11) is 1.59. The number of fused-ring (bicyclic) bond motifs is 1. The zero-order valence-electron chi connectivity index (χ0n) is 16.5. The van der Waals surface area contributed by atoms with Gasteiger partial charge in [-0.1, -0.05) is 6.07 Å². The van der Waals surface area contributed by atoms with Gasteiger partial charge >= 0.3 is 0 Å². The van der Waals surface area contributed by atoms with Crippen molar-refractivity contribution in [2.45, 2.75) is 13.0 Å². The van der Waals surface area contributed by atoms with Crippen molar-refractivity contribution in [1.82, 2.24) is 20.2 Å². The van der Waals surface area contributed by atoms with E-state index in [1.54, 1.807) is 19.4 Å². The number of amides is 1. The third-order valence-electron chi connectivity index (χ3n) is 5.15. The summed E-state index contributed by atoms with van der Waals surface area (Å²) in [6.07, 6.45) is 3.14. The number of hydrogen-bond donors (Lipinski definition) is 1. The third-order valence-corrected chi connectivity index (χ3v) is 5.15. The molecule has 9 heteroatoms. The number of carbonyl (C=O) groups excluding carboxylic acids is 1. The zero-order chi connectivity index (χ0) is 18.8. The van der Waals surface area contributed by atoms with Crippen molar-refractivity contribution in [3.63, 3.8) is 0 Å². The van der Waals surface area contributed by atoms with E-state index in [0.717, 1.165) is 37.7 Å². The second-order valence-corrected chi connectivity index (χ2v) is 6.66. The molecule has 1 unspecified atom stereocenters. The molecule has 4 rings (SSSR count). The fourth-order valence-electron chi connectivity index (χ4n) is 3.44. The fraction of sp³-hybridized carbons (Fsp3) is 0.421. The molecule has 1 radical (unpaired) electrons. The van der Waals surface area contributed by atoms with Gasteiger partial charge in [0.1, 0.15) is 0 Å². The summed E-state index contributed by atoms with van der Waals surface area (Å²) in [5, 5.41) is 2.57. The van der Waals surface area contributed by atoms with Crippen LogP contribution in [0, 0.1) is 0 Å². The van der Waals surface area contributed by atoms with Gasteiger partial charge in [0.15, 0.2) is 11.5 Å². The van der Waals surface area contributed by atoms with Crippen molar-refractivity contribution in [3.8, 4) is 11.5 Å². The first-order valence-corrected chi connectivity index (χ1v) is 9.08. The van der Waals surface area contributed by atoms with Crippen LogP contribution in [0.2, 0.25) is 0 Å². The number of nitrogens with zero attached hydrogens (tertiary/aromatic N) is 4. The van der Waals surface area contributed by atoms with E-state index < -0.39 is 0 Å². The number of benzene rings is 1. The normalized spacial score (nSPS) is 17.0. The van der Waals surface area contributed by atoms with Crippen LogP contribution in [0.3, 0.4) is 0 Å². The average molecular weight is 376 g/mol. The number of carbonyl (C=O) groups is 1. The molecule has 1 aromatic carbocycles. The minimum atomic E-state index is -0.177. The molecule has 1 fully saturated rings. The van der Waals surface area contributed by atoms with E-state index in [-0.39, 0.29) is 30.8 Å². The van der Waals surface area contributed by atoms with Crippen LogP contribution in [0.4, 0.5) is 5.95 Å². The quantitative estimate of drug-likeness (QED) is 0.800. The molecule has 2 aliphatic rings. The maximum Gasteiger partial charge on any atom is 0.254 e. The number of rotatable bonds is 4. The first-order chi connectivity index (χ1) is 13.2. The molecule has 2 aliphatic heterocycles. The van der Waals surface area contributed by atoms with E-state index in [1.807, 2.05) is 6.07 Å². The van der Waals surface area contributed by atoms with Gasteiger partial charge < -0.3 is 19.7 Å². The Labute approximate surface area is 176 Å². The predicted octanol–water partition coefficient (Wildman–Crippen LogP) is 1.07. The van der Waals surface area contributed by atoms with E-state index in [4.69, 9.17) is 9.47 Å². The second-order valence-electron chi connectivity index (χ2n) is 6.66. The smallest absolute Gasteiger partial charge is 0.254 e. The van der Waals surface area contributed by atoms with Gasteiger partial charge in [0.2, 0.25) is 12.7 Å². The van der Waals surface area contributed by atoms with Crippen LogP contribution in [-0.4, -0.2) is 79.7 Å². The molecule has 2 aromatic rings. The van der Waals surface area contributed by atoms with Crippen molar-refractivity contribution in [3.05, 3.63) is 41.7 Å². The second kappa shape index (κ2) is 8.82. The average Bonchev–Trinajstić information content (AvgIpc) is 3.21. The molecule has 1 atom stereocenters. The molecule has 0 bridgehead atoms. The zero-order valence-corrected chi connectivity index (χ0v) is 16.5. The van der Waals surface area contributed by atoms with Crippen LogP contribution >= 0.6 is 0 Å². The Morgan fingerprint density at radius 3 is 2.46 bits per heavy atom. The van der Waals surface area contributed by atoms with Crippen LogP contribution in [0.5, 0.6) is 11.5 Å². The summed E-state index contributed by atoms with van der Waals surface area (Å²) in [6.45, 7) is 6.02. The van der Waals surface area contributed by atoms with Crippen LogP contribution in [-0.2, 0) is 0 Å². The van der Waals surface area contributed by atoms with Gasteiger partial charge in [-0.25, -0.2) is 9.97 Å². The first-order valence-electron chi connectivity index (χ1n) is 9.08. The molecule has 3 heterocycles. The number of hydrogen-bond acceptors (Lipinski definition) is 7. The number of aromatic nitrogens is 2. The topological polar surface area (TPSA) is 79.8 Å². The summed E-state index contributed by atoms with van der Waals surface area (Å²) in [4.78, 5) is 24.9. The van der Waals surface area contributed by atoms with E-state index in [2.05, 4.69) is 44.1 Å². The Balaban J connectivity index is 0.00000225. The molecule has 1 amide bonds. The number of ether oxygens (including phenoxy) is 2. The molecule has 0 spiro atoms. The minimum Gasteiger partial charge on any atom is -0.454 e. The van der Waals surface area contributed by atoms with Gasteiger partial charge in [-0.15, -0.1) is 0 Å². The van der Waals surface area contributed by atoms with Crippen molar-refractivity contribution < 1.29 is 14.3 Å². The van der Waals surface area contributed by atoms with Gasteiger partial charge in [0.05, 0.1) is 5.56 Å². The molecule has 143 valence electrons. The van der Waals surface area contributed by atoms with Crippen molar-refractivity contribution in [2.75, 3.05) is 44.9 Å². The SMILES string of the molecule is CNC(=O)c1cnc(N2CCN(C(C)c3ccc4c(c3)OCO4)CC2)nc1.[Li]. The minimum absolute atomic E-state index is 0. The molecular formula is C19H23LiN5O3.